The summed E-state index contributed by atoms with van der Waals surface area (Å²) in [6, 6.07) is 9.15. The van der Waals surface area contributed by atoms with Gasteiger partial charge in [0.05, 0.1) is 12.2 Å². The van der Waals surface area contributed by atoms with Crippen LogP contribution in [0.25, 0.3) is 0 Å². The molecule has 1 aromatic carbocycles. The molecule has 0 amide bonds. The Morgan fingerprint density at radius 3 is 2.65 bits per heavy atom. The van der Waals surface area contributed by atoms with Crippen molar-refractivity contribution in [1.82, 2.24) is 10.6 Å². The molecule has 1 saturated heterocycles. The lowest BCUT2D eigenvalue weighted by molar-refractivity contribution is 0.144. The number of aliphatic hydroxyl groups is 1. The van der Waals surface area contributed by atoms with Gasteiger partial charge in [-0.15, -0.1) is 0 Å². The van der Waals surface area contributed by atoms with Crippen LogP contribution < -0.4 is 15.4 Å². The van der Waals surface area contributed by atoms with Gasteiger partial charge in [0.25, 0.3) is 0 Å². The van der Waals surface area contributed by atoms with E-state index in [0.29, 0.717) is 17.9 Å². The molecule has 0 bridgehead atoms. The van der Waals surface area contributed by atoms with Gasteiger partial charge >= 0.3 is 0 Å². The number of hydrogen-bond acceptors (Lipinski definition) is 4. The fraction of sp³-hybridized carbons (Fsp3) is 0.684. The summed E-state index contributed by atoms with van der Waals surface area (Å²) in [7, 11) is 0. The lowest BCUT2D eigenvalue weighted by Crippen LogP contribution is -2.38. The van der Waals surface area contributed by atoms with Crippen molar-refractivity contribution >= 4 is 0 Å². The van der Waals surface area contributed by atoms with E-state index in [1.54, 1.807) is 0 Å². The first-order valence-electron chi connectivity index (χ1n) is 9.02. The molecular weight excluding hydrogens is 288 g/mol. The highest BCUT2D eigenvalue weighted by molar-refractivity contribution is 5.31. The minimum atomic E-state index is -0.199. The average molecular weight is 318 g/mol. The number of aliphatic hydroxyl groups excluding tert-OH is 1. The van der Waals surface area contributed by atoms with Crippen molar-refractivity contribution in [1.29, 1.82) is 0 Å². The topological polar surface area (TPSA) is 53.5 Å². The van der Waals surface area contributed by atoms with E-state index in [4.69, 9.17) is 4.74 Å². The Balaban J connectivity index is 1.57. The zero-order chi connectivity index (χ0) is 16.2. The maximum Gasteiger partial charge on any atom is 0.119 e. The second-order valence-corrected chi connectivity index (χ2v) is 7.27. The van der Waals surface area contributed by atoms with Crippen LogP contribution in [0.1, 0.15) is 44.6 Å². The number of benzene rings is 1. The molecule has 2 fully saturated rings. The molecule has 1 aliphatic heterocycles. The third-order valence-corrected chi connectivity index (χ3v) is 5.14. The lowest BCUT2D eigenvalue weighted by Gasteiger charge is -2.24. The zero-order valence-electron chi connectivity index (χ0n) is 14.3. The standard InChI is InChI=1S/C19H30N2O2/c1-13(2)23-16-8-6-14(7-9-16)17-4-3-5-18(17)21-11-15-10-20-12-19(15)22/h6-9,13,15,17-22H,3-5,10-12H2,1-2H3. The van der Waals surface area contributed by atoms with Crippen LogP contribution in [0.5, 0.6) is 5.75 Å². The molecule has 3 rings (SSSR count). The van der Waals surface area contributed by atoms with Gasteiger partial charge < -0.3 is 20.5 Å². The normalized spacial score (nSPS) is 31.0. The maximum absolute atomic E-state index is 9.93. The first-order chi connectivity index (χ1) is 11.1. The fourth-order valence-corrected chi connectivity index (χ4v) is 3.90. The molecular formula is C19H30N2O2. The molecule has 1 aromatic rings. The summed E-state index contributed by atoms with van der Waals surface area (Å²) in [5, 5.41) is 16.9. The van der Waals surface area contributed by atoms with Gasteiger partial charge in [-0.1, -0.05) is 18.6 Å². The van der Waals surface area contributed by atoms with Gasteiger partial charge in [-0.05, 0) is 50.3 Å². The van der Waals surface area contributed by atoms with Gasteiger partial charge in [-0.2, -0.15) is 0 Å². The van der Waals surface area contributed by atoms with Crippen molar-refractivity contribution in [2.45, 2.75) is 57.3 Å². The summed E-state index contributed by atoms with van der Waals surface area (Å²) in [6.45, 7) is 6.67. The molecule has 4 heteroatoms. The highest BCUT2D eigenvalue weighted by atomic mass is 16.5. The molecule has 2 aliphatic rings. The molecule has 1 aliphatic carbocycles. The van der Waals surface area contributed by atoms with Crippen LogP contribution in [-0.4, -0.2) is 43.0 Å². The second-order valence-electron chi connectivity index (χ2n) is 7.27. The van der Waals surface area contributed by atoms with E-state index in [2.05, 4.69) is 48.7 Å². The number of ether oxygens (including phenoxy) is 1. The molecule has 23 heavy (non-hydrogen) atoms. The Morgan fingerprint density at radius 2 is 2.00 bits per heavy atom. The maximum atomic E-state index is 9.93. The van der Waals surface area contributed by atoms with Crippen molar-refractivity contribution in [3.63, 3.8) is 0 Å². The number of β-amino-alcohol motifs (C(OH)–C–C–N with tert-alkyl or cyclic N) is 1. The predicted molar refractivity (Wildman–Crippen MR) is 93.0 cm³/mol. The third kappa shape index (κ3) is 4.25. The number of nitrogens with one attached hydrogen (secondary N) is 2. The Bertz CT molecular complexity index is 489. The minimum Gasteiger partial charge on any atom is -0.491 e. The predicted octanol–water partition coefficient (Wildman–Crippen LogP) is 2.28. The van der Waals surface area contributed by atoms with E-state index < -0.39 is 0 Å². The molecule has 4 nitrogen and oxygen atoms in total. The molecule has 0 aromatic heterocycles. The zero-order valence-corrected chi connectivity index (χ0v) is 14.3. The summed E-state index contributed by atoms with van der Waals surface area (Å²) in [5.41, 5.74) is 1.40. The lowest BCUT2D eigenvalue weighted by atomic mass is 9.93. The SMILES string of the molecule is CC(C)Oc1ccc(C2CCCC2NCC2CNCC2O)cc1. The first kappa shape index (κ1) is 16.7. The van der Waals surface area contributed by atoms with E-state index in [9.17, 15) is 5.11 Å². The minimum absolute atomic E-state index is 0.199. The van der Waals surface area contributed by atoms with Crippen molar-refractivity contribution in [2.75, 3.05) is 19.6 Å². The van der Waals surface area contributed by atoms with Gasteiger partial charge in [-0.3, -0.25) is 0 Å². The highest BCUT2D eigenvalue weighted by Crippen LogP contribution is 2.35. The Kier molecular flexibility index (Phi) is 5.57. The Labute approximate surface area is 139 Å². The van der Waals surface area contributed by atoms with Crippen molar-refractivity contribution in [2.24, 2.45) is 5.92 Å². The van der Waals surface area contributed by atoms with Crippen LogP contribution in [0.2, 0.25) is 0 Å². The smallest absolute Gasteiger partial charge is 0.119 e. The van der Waals surface area contributed by atoms with Crippen LogP contribution in [0.3, 0.4) is 0 Å². The van der Waals surface area contributed by atoms with Crippen LogP contribution in [-0.2, 0) is 0 Å². The van der Waals surface area contributed by atoms with Crippen LogP contribution >= 0.6 is 0 Å². The molecule has 1 saturated carbocycles. The van der Waals surface area contributed by atoms with Gasteiger partial charge in [-0.25, -0.2) is 0 Å². The average Bonchev–Trinajstić information content (AvgIpc) is 3.14. The van der Waals surface area contributed by atoms with Crippen molar-refractivity contribution in [3.8, 4) is 5.75 Å². The Morgan fingerprint density at radius 1 is 1.22 bits per heavy atom. The monoisotopic (exact) mass is 318 g/mol. The molecule has 128 valence electrons. The van der Waals surface area contributed by atoms with Gasteiger partial charge in [0.15, 0.2) is 0 Å². The molecule has 1 heterocycles. The number of rotatable bonds is 6. The number of hydrogen-bond donors (Lipinski definition) is 3. The molecule has 3 N–H and O–H groups in total. The molecule has 0 spiro atoms. The summed E-state index contributed by atoms with van der Waals surface area (Å²) in [5.74, 6) is 1.87. The van der Waals surface area contributed by atoms with Crippen molar-refractivity contribution in [3.05, 3.63) is 29.8 Å². The molecule has 0 radical (unpaired) electrons. The van der Waals surface area contributed by atoms with E-state index in [1.165, 1.54) is 24.8 Å². The summed E-state index contributed by atoms with van der Waals surface area (Å²) >= 11 is 0. The van der Waals surface area contributed by atoms with Crippen LogP contribution in [0.15, 0.2) is 24.3 Å². The van der Waals surface area contributed by atoms with Crippen LogP contribution in [0, 0.1) is 5.92 Å². The van der Waals surface area contributed by atoms with Crippen LogP contribution in [0.4, 0.5) is 0 Å². The van der Waals surface area contributed by atoms with Gasteiger partial charge in [0.2, 0.25) is 0 Å². The first-order valence-corrected chi connectivity index (χ1v) is 9.02. The summed E-state index contributed by atoms with van der Waals surface area (Å²) < 4.78 is 5.74. The summed E-state index contributed by atoms with van der Waals surface area (Å²) in [6.07, 6.45) is 3.76. The summed E-state index contributed by atoms with van der Waals surface area (Å²) in [4.78, 5) is 0. The molecule has 4 unspecified atom stereocenters. The third-order valence-electron chi connectivity index (χ3n) is 5.14. The Hall–Kier alpha value is -1.10. The molecule has 4 atom stereocenters. The van der Waals surface area contributed by atoms with Crippen molar-refractivity contribution < 1.29 is 9.84 Å². The largest absolute Gasteiger partial charge is 0.491 e. The van der Waals surface area contributed by atoms with Gasteiger partial charge in [0.1, 0.15) is 5.75 Å². The van der Waals surface area contributed by atoms with E-state index >= 15 is 0 Å². The van der Waals surface area contributed by atoms with E-state index in [-0.39, 0.29) is 12.2 Å². The second kappa shape index (κ2) is 7.65. The van der Waals surface area contributed by atoms with E-state index in [0.717, 1.165) is 25.4 Å². The van der Waals surface area contributed by atoms with Gasteiger partial charge in [0, 0.05) is 31.6 Å². The fourth-order valence-electron chi connectivity index (χ4n) is 3.90. The highest BCUT2D eigenvalue weighted by Gasteiger charge is 2.31. The van der Waals surface area contributed by atoms with E-state index in [1.807, 2.05) is 0 Å². The quantitative estimate of drug-likeness (QED) is 0.753.